The third-order valence-electron chi connectivity index (χ3n) is 6.06. The fourth-order valence-corrected chi connectivity index (χ4v) is 4.88. The highest BCUT2D eigenvalue weighted by atomic mass is 16.2. The summed E-state index contributed by atoms with van der Waals surface area (Å²) in [7, 11) is 0. The molecular formula is C16H29N5O. The fourth-order valence-electron chi connectivity index (χ4n) is 4.88. The SMILES string of the molecule is CC1CCCC2CC(C(=O)NC3CNC4NCCN4C3)NC12. The second kappa shape index (κ2) is 6.07. The molecule has 0 radical (unpaired) electrons. The number of nitrogens with zero attached hydrogens (tertiary/aromatic N) is 1. The Morgan fingerprint density at radius 3 is 3.05 bits per heavy atom. The van der Waals surface area contributed by atoms with E-state index in [2.05, 4.69) is 33.1 Å². The zero-order valence-electron chi connectivity index (χ0n) is 13.5. The largest absolute Gasteiger partial charge is 0.349 e. The Bertz CT molecular complexity index is 431. The van der Waals surface area contributed by atoms with Crippen molar-refractivity contribution in [1.29, 1.82) is 0 Å². The lowest BCUT2D eigenvalue weighted by molar-refractivity contribution is -0.124. The molecule has 4 fully saturated rings. The van der Waals surface area contributed by atoms with Gasteiger partial charge in [0.1, 0.15) is 6.29 Å². The van der Waals surface area contributed by atoms with Crippen molar-refractivity contribution in [2.75, 3.05) is 26.2 Å². The van der Waals surface area contributed by atoms with Crippen LogP contribution in [0.2, 0.25) is 0 Å². The van der Waals surface area contributed by atoms with Crippen molar-refractivity contribution in [2.45, 2.75) is 57.0 Å². The molecule has 4 N–H and O–H groups in total. The summed E-state index contributed by atoms with van der Waals surface area (Å²) < 4.78 is 0. The predicted molar refractivity (Wildman–Crippen MR) is 85.1 cm³/mol. The molecule has 6 atom stereocenters. The summed E-state index contributed by atoms with van der Waals surface area (Å²) in [6.45, 7) is 6.23. The van der Waals surface area contributed by atoms with Crippen LogP contribution in [0, 0.1) is 11.8 Å². The van der Waals surface area contributed by atoms with Gasteiger partial charge in [-0.2, -0.15) is 0 Å². The Kier molecular flexibility index (Phi) is 4.11. The maximum Gasteiger partial charge on any atom is 0.237 e. The maximum absolute atomic E-state index is 12.6. The summed E-state index contributed by atoms with van der Waals surface area (Å²) in [6, 6.07) is 0.802. The molecule has 0 spiro atoms. The van der Waals surface area contributed by atoms with E-state index in [0.717, 1.165) is 32.6 Å². The topological polar surface area (TPSA) is 68.4 Å². The Hall–Kier alpha value is -0.690. The number of fused-ring (bicyclic) bond motifs is 2. The van der Waals surface area contributed by atoms with Crippen LogP contribution >= 0.6 is 0 Å². The molecule has 3 heterocycles. The van der Waals surface area contributed by atoms with E-state index in [1.54, 1.807) is 0 Å². The predicted octanol–water partition coefficient (Wildman–Crippen LogP) is -0.570. The van der Waals surface area contributed by atoms with E-state index in [-0.39, 0.29) is 18.0 Å². The van der Waals surface area contributed by atoms with Crippen molar-refractivity contribution in [3.8, 4) is 0 Å². The van der Waals surface area contributed by atoms with Crippen LogP contribution in [0.15, 0.2) is 0 Å². The third-order valence-corrected chi connectivity index (χ3v) is 6.06. The minimum absolute atomic E-state index is 0.0185. The standard InChI is InChI=1S/C16H29N5O/c1-10-3-2-4-11-7-13(20-14(10)11)15(22)19-12-8-18-16-17-5-6-21(16)9-12/h10-14,16-18,20H,2-9H2,1H3,(H,19,22). The van der Waals surface area contributed by atoms with E-state index < -0.39 is 0 Å². The third kappa shape index (κ3) is 2.77. The van der Waals surface area contributed by atoms with Crippen molar-refractivity contribution in [2.24, 2.45) is 11.8 Å². The summed E-state index contributed by atoms with van der Waals surface area (Å²) in [5.74, 6) is 1.62. The molecule has 1 saturated carbocycles. The molecule has 3 aliphatic heterocycles. The van der Waals surface area contributed by atoms with Gasteiger partial charge in [-0.05, 0) is 31.1 Å². The van der Waals surface area contributed by atoms with Crippen LogP contribution in [0.4, 0.5) is 0 Å². The van der Waals surface area contributed by atoms with Crippen molar-refractivity contribution < 1.29 is 4.79 Å². The number of amides is 1. The molecule has 1 amide bonds. The van der Waals surface area contributed by atoms with E-state index in [4.69, 9.17) is 0 Å². The van der Waals surface area contributed by atoms with Crippen molar-refractivity contribution in [3.63, 3.8) is 0 Å². The van der Waals surface area contributed by atoms with Crippen LogP contribution in [0.3, 0.4) is 0 Å². The molecule has 4 aliphatic rings. The monoisotopic (exact) mass is 307 g/mol. The average Bonchev–Trinajstić information content (AvgIpc) is 3.13. The normalized spacial score (nSPS) is 45.3. The van der Waals surface area contributed by atoms with Gasteiger partial charge in [0.15, 0.2) is 0 Å². The second-order valence-electron chi connectivity index (χ2n) is 7.61. The maximum atomic E-state index is 12.6. The molecule has 0 bridgehead atoms. The molecule has 6 nitrogen and oxygen atoms in total. The highest BCUT2D eigenvalue weighted by Crippen LogP contribution is 2.36. The van der Waals surface area contributed by atoms with Gasteiger partial charge in [0.25, 0.3) is 0 Å². The number of hydrogen-bond acceptors (Lipinski definition) is 5. The minimum atomic E-state index is 0.0185. The molecule has 124 valence electrons. The van der Waals surface area contributed by atoms with E-state index >= 15 is 0 Å². The van der Waals surface area contributed by atoms with Crippen LogP contribution in [-0.2, 0) is 4.79 Å². The lowest BCUT2D eigenvalue weighted by Crippen LogP contribution is -2.63. The van der Waals surface area contributed by atoms with E-state index in [9.17, 15) is 4.79 Å². The Morgan fingerprint density at radius 1 is 1.27 bits per heavy atom. The van der Waals surface area contributed by atoms with Gasteiger partial charge in [-0.3, -0.25) is 20.3 Å². The molecule has 6 heteroatoms. The van der Waals surface area contributed by atoms with E-state index in [0.29, 0.717) is 24.2 Å². The van der Waals surface area contributed by atoms with Crippen LogP contribution in [0.5, 0.6) is 0 Å². The van der Waals surface area contributed by atoms with Gasteiger partial charge in [0, 0.05) is 32.2 Å². The summed E-state index contributed by atoms with van der Waals surface area (Å²) in [4.78, 5) is 15.0. The van der Waals surface area contributed by atoms with Gasteiger partial charge >= 0.3 is 0 Å². The first kappa shape index (κ1) is 14.9. The minimum Gasteiger partial charge on any atom is -0.349 e. The molecule has 1 aliphatic carbocycles. The fraction of sp³-hybridized carbons (Fsp3) is 0.938. The Balaban J connectivity index is 1.31. The van der Waals surface area contributed by atoms with Crippen LogP contribution in [0.25, 0.3) is 0 Å². The van der Waals surface area contributed by atoms with Crippen LogP contribution in [-0.4, -0.2) is 61.4 Å². The second-order valence-corrected chi connectivity index (χ2v) is 7.61. The first-order valence-electron chi connectivity index (χ1n) is 8.98. The molecule has 0 aromatic carbocycles. The number of carbonyl (C=O) groups excluding carboxylic acids is 1. The first-order valence-corrected chi connectivity index (χ1v) is 8.98. The molecule has 0 aromatic rings. The van der Waals surface area contributed by atoms with Gasteiger partial charge < -0.3 is 10.6 Å². The summed E-state index contributed by atoms with van der Waals surface area (Å²) in [6.07, 6.45) is 5.25. The highest BCUT2D eigenvalue weighted by molar-refractivity contribution is 5.82. The Labute approximate surface area is 132 Å². The highest BCUT2D eigenvalue weighted by Gasteiger charge is 2.42. The zero-order valence-corrected chi connectivity index (χ0v) is 13.5. The van der Waals surface area contributed by atoms with E-state index in [1.165, 1.54) is 19.3 Å². The number of hydrogen-bond donors (Lipinski definition) is 4. The van der Waals surface area contributed by atoms with Crippen LogP contribution < -0.4 is 21.3 Å². The quantitative estimate of drug-likeness (QED) is 0.550. The Morgan fingerprint density at radius 2 is 2.18 bits per heavy atom. The van der Waals surface area contributed by atoms with Crippen molar-refractivity contribution in [3.05, 3.63) is 0 Å². The molecule has 4 rings (SSSR count). The number of carbonyl (C=O) groups is 1. The van der Waals surface area contributed by atoms with Gasteiger partial charge in [-0.1, -0.05) is 13.3 Å². The summed E-state index contributed by atoms with van der Waals surface area (Å²) >= 11 is 0. The lowest BCUT2D eigenvalue weighted by atomic mass is 9.78. The number of rotatable bonds is 2. The molecule has 6 unspecified atom stereocenters. The van der Waals surface area contributed by atoms with Crippen molar-refractivity contribution >= 4 is 5.91 Å². The zero-order chi connectivity index (χ0) is 15.1. The molecule has 0 aromatic heterocycles. The smallest absolute Gasteiger partial charge is 0.237 e. The summed E-state index contributed by atoms with van der Waals surface area (Å²) in [5.41, 5.74) is 0. The molecular weight excluding hydrogens is 278 g/mol. The van der Waals surface area contributed by atoms with Crippen molar-refractivity contribution in [1.82, 2.24) is 26.2 Å². The average molecular weight is 307 g/mol. The van der Waals surface area contributed by atoms with Crippen LogP contribution in [0.1, 0.15) is 32.6 Å². The lowest BCUT2D eigenvalue weighted by Gasteiger charge is -2.36. The first-order chi connectivity index (χ1) is 10.7. The van der Waals surface area contributed by atoms with Gasteiger partial charge in [0.05, 0.1) is 12.1 Å². The number of nitrogens with one attached hydrogen (secondary N) is 4. The van der Waals surface area contributed by atoms with Gasteiger partial charge in [-0.15, -0.1) is 0 Å². The molecule has 3 saturated heterocycles. The summed E-state index contributed by atoms with van der Waals surface area (Å²) in [5, 5.41) is 13.8. The molecule has 22 heavy (non-hydrogen) atoms. The van der Waals surface area contributed by atoms with E-state index in [1.807, 2.05) is 0 Å². The van der Waals surface area contributed by atoms with Gasteiger partial charge in [0.2, 0.25) is 5.91 Å². The van der Waals surface area contributed by atoms with Gasteiger partial charge in [-0.25, -0.2) is 0 Å².